The van der Waals surface area contributed by atoms with Crippen LogP contribution in [0, 0.1) is 12.9 Å². The van der Waals surface area contributed by atoms with E-state index in [-0.39, 0.29) is 23.4 Å². The normalized spacial score (nSPS) is 14.4. The van der Waals surface area contributed by atoms with E-state index in [0.717, 1.165) is 16.7 Å². The van der Waals surface area contributed by atoms with Gasteiger partial charge in [-0.3, -0.25) is 4.79 Å². The zero-order valence-corrected chi connectivity index (χ0v) is 28.6. The van der Waals surface area contributed by atoms with E-state index in [0.29, 0.717) is 55.0 Å². The summed E-state index contributed by atoms with van der Waals surface area (Å²) in [5, 5.41) is 9.91. The molecule has 5 rings (SSSR count). The maximum absolute atomic E-state index is 15.2. The third-order valence-electron chi connectivity index (χ3n) is 7.70. The summed E-state index contributed by atoms with van der Waals surface area (Å²) in [4.78, 5) is 45.7. The van der Waals surface area contributed by atoms with Crippen molar-refractivity contribution < 1.29 is 23.2 Å². The van der Waals surface area contributed by atoms with E-state index < -0.39 is 17.5 Å². The van der Waals surface area contributed by atoms with Crippen molar-refractivity contribution in [2.45, 2.75) is 72.4 Å². The van der Waals surface area contributed by atoms with Crippen molar-refractivity contribution >= 4 is 29.3 Å². The molecule has 0 unspecified atom stereocenters. The van der Waals surface area contributed by atoms with Gasteiger partial charge in [-0.15, -0.1) is 0 Å². The molecule has 4 heterocycles. The second-order valence-corrected chi connectivity index (χ2v) is 13.8. The molecule has 0 aliphatic carbocycles. The van der Waals surface area contributed by atoms with Crippen LogP contribution in [-0.2, 0) is 10.2 Å². The van der Waals surface area contributed by atoms with Gasteiger partial charge in [0.1, 0.15) is 23.6 Å². The number of piperazine rings is 1. The van der Waals surface area contributed by atoms with Crippen LogP contribution in [0.25, 0.3) is 11.3 Å². The lowest BCUT2D eigenvalue weighted by Gasteiger charge is -2.36. The van der Waals surface area contributed by atoms with Gasteiger partial charge in [0.2, 0.25) is 5.95 Å². The minimum absolute atomic E-state index is 0.0794. The fourth-order valence-corrected chi connectivity index (χ4v) is 5.18. The maximum atomic E-state index is 15.2. The second-order valence-electron chi connectivity index (χ2n) is 13.8. The van der Waals surface area contributed by atoms with Gasteiger partial charge >= 0.3 is 17.9 Å². The van der Waals surface area contributed by atoms with Crippen molar-refractivity contribution in [2.24, 2.45) is 0 Å². The van der Waals surface area contributed by atoms with Crippen molar-refractivity contribution in [1.82, 2.24) is 35.3 Å². The lowest BCUT2D eigenvalue weighted by Crippen LogP contribution is -2.50. The molecule has 13 nitrogen and oxygen atoms in total. The summed E-state index contributed by atoms with van der Waals surface area (Å²) in [7, 11) is 0. The van der Waals surface area contributed by atoms with Gasteiger partial charge in [-0.25, -0.2) is 19.7 Å². The van der Waals surface area contributed by atoms with Gasteiger partial charge in [0.25, 0.3) is 0 Å². The first-order chi connectivity index (χ1) is 22.6. The summed E-state index contributed by atoms with van der Waals surface area (Å²) in [5.41, 5.74) is 2.81. The molecule has 14 heteroatoms. The monoisotopic (exact) mass is 659 g/mol. The lowest BCUT2D eigenvalue weighted by atomic mass is 9.96. The molecule has 1 atom stereocenters. The molecule has 1 fully saturated rings. The molecule has 1 aliphatic heterocycles. The summed E-state index contributed by atoms with van der Waals surface area (Å²) >= 11 is 0. The Balaban J connectivity index is 1.21. The smallest absolute Gasteiger partial charge is 0.410 e. The Morgan fingerprint density at radius 3 is 2.31 bits per heavy atom. The largest absolute Gasteiger partial charge is 0.444 e. The molecule has 1 aromatic carbocycles. The molecule has 2 N–H and O–H groups in total. The van der Waals surface area contributed by atoms with Crippen molar-refractivity contribution in [2.75, 3.05) is 36.4 Å². The van der Waals surface area contributed by atoms with E-state index in [1.807, 2.05) is 78.5 Å². The Morgan fingerprint density at radius 1 is 0.958 bits per heavy atom. The minimum atomic E-state index is -0.624. The zero-order chi connectivity index (χ0) is 34.8. The number of anilines is 3. The van der Waals surface area contributed by atoms with Gasteiger partial charge in [-0.1, -0.05) is 38.1 Å². The molecule has 3 aromatic heterocycles. The summed E-state index contributed by atoms with van der Waals surface area (Å²) in [6.07, 6.45) is 1.06. The van der Waals surface area contributed by atoms with Crippen LogP contribution in [0.3, 0.4) is 0 Å². The summed E-state index contributed by atoms with van der Waals surface area (Å²) < 4.78 is 25.8. The number of hydrogen-bond donors (Lipinski definition) is 2. The number of aromatic nitrogens is 5. The fraction of sp³-hybridized carbons (Fsp3) is 0.441. The van der Waals surface area contributed by atoms with Crippen LogP contribution < -0.4 is 15.5 Å². The first kappa shape index (κ1) is 34.2. The zero-order valence-electron chi connectivity index (χ0n) is 28.6. The van der Waals surface area contributed by atoms with E-state index in [9.17, 15) is 9.59 Å². The number of halogens is 1. The predicted molar refractivity (Wildman–Crippen MR) is 179 cm³/mol. The van der Waals surface area contributed by atoms with Crippen molar-refractivity contribution in [3.63, 3.8) is 0 Å². The molecule has 254 valence electrons. The third-order valence-corrected chi connectivity index (χ3v) is 7.70. The highest BCUT2D eigenvalue weighted by Gasteiger charge is 2.28. The maximum Gasteiger partial charge on any atom is 0.410 e. The average molecular weight is 660 g/mol. The number of nitrogens with zero attached hydrogens (tertiary/aromatic N) is 7. The molecular formula is C34H42FN9O4. The van der Waals surface area contributed by atoms with Crippen LogP contribution in [0.2, 0.25) is 0 Å². The molecule has 0 spiro atoms. The Bertz CT molecular complexity index is 1790. The third kappa shape index (κ3) is 8.22. The van der Waals surface area contributed by atoms with E-state index in [4.69, 9.17) is 9.26 Å². The number of pyridine rings is 1. The number of rotatable bonds is 7. The number of aryl methyl sites for hydroxylation is 1. The van der Waals surface area contributed by atoms with E-state index in [2.05, 4.69) is 35.7 Å². The van der Waals surface area contributed by atoms with Gasteiger partial charge in [0.05, 0.1) is 17.4 Å². The number of carbonyl (C=O) groups is 2. The highest BCUT2D eigenvalue weighted by Crippen LogP contribution is 2.28. The van der Waals surface area contributed by atoms with Crippen LogP contribution in [0.15, 0.2) is 47.2 Å². The second kappa shape index (κ2) is 13.5. The number of hydrogen-bond acceptors (Lipinski definition) is 11. The molecule has 0 radical (unpaired) electrons. The van der Waals surface area contributed by atoms with Crippen molar-refractivity contribution in [1.29, 1.82) is 0 Å². The Kier molecular flexibility index (Phi) is 9.64. The molecule has 0 saturated carbocycles. The number of carbonyl (C=O) groups excluding carboxylic acids is 2. The highest BCUT2D eigenvalue weighted by atomic mass is 19.1. The quantitative estimate of drug-likeness (QED) is 0.226. The van der Waals surface area contributed by atoms with Crippen LogP contribution in [0.5, 0.6) is 0 Å². The van der Waals surface area contributed by atoms with Crippen LogP contribution >= 0.6 is 0 Å². The van der Waals surface area contributed by atoms with E-state index in [1.54, 1.807) is 23.1 Å². The lowest BCUT2D eigenvalue weighted by molar-refractivity contribution is 0.0240. The van der Waals surface area contributed by atoms with Crippen LogP contribution in [-0.4, -0.2) is 73.8 Å². The van der Waals surface area contributed by atoms with Crippen molar-refractivity contribution in [3.05, 3.63) is 71.5 Å². The van der Waals surface area contributed by atoms with Crippen LogP contribution in [0.4, 0.5) is 26.5 Å². The minimum Gasteiger partial charge on any atom is -0.444 e. The summed E-state index contributed by atoms with van der Waals surface area (Å²) in [6.45, 7) is 16.9. The molecule has 0 bridgehead atoms. The standard InChI is InChI=1S/C34H42FN9O4/c1-20-17-22(9-10-23(20)21(2)38-29(45)30-41-31(42-48-30)33(3,4)5)24-18-27(37-19-36-24)39-26-12-11-25(28(35)40-26)43-13-15-44(16-14-43)32(46)47-34(6,7)8/h9-12,17-19,21H,13-16H2,1-8H3,(H,38,45)(H,36,37,39,40)/t21-/m1/s1. The molecule has 1 aliphatic rings. The summed E-state index contributed by atoms with van der Waals surface area (Å²) in [6, 6.07) is 10.6. The number of nitrogens with one attached hydrogen (secondary N) is 2. The van der Waals surface area contributed by atoms with Crippen molar-refractivity contribution in [3.8, 4) is 11.3 Å². The Hall–Kier alpha value is -5.14. The number of ether oxygens (including phenoxy) is 1. The topological polar surface area (TPSA) is 152 Å². The van der Waals surface area contributed by atoms with E-state index >= 15 is 4.39 Å². The van der Waals surface area contributed by atoms with Gasteiger partial charge in [0, 0.05) is 43.2 Å². The molecule has 2 amide bonds. The van der Waals surface area contributed by atoms with E-state index in [1.165, 1.54) is 6.33 Å². The van der Waals surface area contributed by atoms with Crippen LogP contribution in [0.1, 0.15) is 82.1 Å². The molecule has 48 heavy (non-hydrogen) atoms. The average Bonchev–Trinajstić information content (AvgIpc) is 3.52. The summed E-state index contributed by atoms with van der Waals surface area (Å²) in [5.74, 6) is 0.0524. The molecule has 4 aromatic rings. The number of amides is 2. The Morgan fingerprint density at radius 2 is 1.69 bits per heavy atom. The highest BCUT2D eigenvalue weighted by molar-refractivity contribution is 5.89. The predicted octanol–water partition coefficient (Wildman–Crippen LogP) is 5.96. The molecule has 1 saturated heterocycles. The fourth-order valence-electron chi connectivity index (χ4n) is 5.18. The van der Waals surface area contributed by atoms with Gasteiger partial charge < -0.3 is 29.7 Å². The van der Waals surface area contributed by atoms with Gasteiger partial charge in [-0.2, -0.15) is 9.37 Å². The first-order valence-electron chi connectivity index (χ1n) is 15.8. The first-order valence-corrected chi connectivity index (χ1v) is 15.8. The van der Waals surface area contributed by atoms with Gasteiger partial charge in [0.15, 0.2) is 5.82 Å². The number of benzene rings is 1. The van der Waals surface area contributed by atoms with Gasteiger partial charge in [-0.05, 0) is 63.9 Å². The molecular weight excluding hydrogens is 617 g/mol. The SMILES string of the molecule is Cc1cc(-c2cc(Nc3ccc(N4CCN(C(=O)OC(C)(C)C)CC4)c(F)n3)ncn2)ccc1[C@@H](C)NC(=O)c1nc(C(C)(C)C)no1. The Labute approximate surface area is 279 Å².